The minimum Gasteiger partial charge on any atom is -0.466 e. The average molecular weight is 284 g/mol. The first kappa shape index (κ1) is 13.7. The van der Waals surface area contributed by atoms with Crippen LogP contribution in [0.1, 0.15) is 38.6 Å². The fraction of sp³-hybridized carbons (Fsp3) is 0.353. The highest BCUT2D eigenvalue weighted by Crippen LogP contribution is 2.28. The van der Waals surface area contributed by atoms with E-state index in [-0.39, 0.29) is 5.91 Å². The number of hydrogen-bond donors (Lipinski definition) is 1. The average Bonchev–Trinajstić information content (AvgIpc) is 2.71. The number of benzene rings is 1. The highest BCUT2D eigenvalue weighted by atomic mass is 16.3. The smallest absolute Gasteiger partial charge is 0.257 e. The SMILES string of the molecule is Cc1oc(C)c(C(=O)N2CCc3cccc(N)c3C2)c1C. The molecular formula is C17H20N2O2. The third-order valence-electron chi connectivity index (χ3n) is 4.37. The molecule has 1 aliphatic heterocycles. The van der Waals surface area contributed by atoms with Crippen molar-refractivity contribution in [2.45, 2.75) is 33.7 Å². The molecule has 0 fully saturated rings. The molecule has 0 unspecified atom stereocenters. The first-order valence-electron chi connectivity index (χ1n) is 7.21. The molecule has 2 heterocycles. The monoisotopic (exact) mass is 284 g/mol. The maximum absolute atomic E-state index is 12.8. The van der Waals surface area contributed by atoms with Crippen LogP contribution in [0.25, 0.3) is 0 Å². The van der Waals surface area contributed by atoms with Crippen LogP contribution < -0.4 is 5.73 Å². The summed E-state index contributed by atoms with van der Waals surface area (Å²) in [6.45, 7) is 6.97. The Balaban J connectivity index is 1.93. The van der Waals surface area contributed by atoms with E-state index in [9.17, 15) is 4.79 Å². The van der Waals surface area contributed by atoms with Gasteiger partial charge in [0.05, 0.1) is 5.56 Å². The van der Waals surface area contributed by atoms with Gasteiger partial charge in [0.1, 0.15) is 11.5 Å². The zero-order chi connectivity index (χ0) is 15.1. The van der Waals surface area contributed by atoms with Crippen LogP contribution in [0, 0.1) is 20.8 Å². The number of nitrogen functional groups attached to an aromatic ring is 1. The number of nitrogens with zero attached hydrogens (tertiary/aromatic N) is 1. The molecule has 1 aliphatic rings. The van der Waals surface area contributed by atoms with Crippen molar-refractivity contribution in [3.63, 3.8) is 0 Å². The van der Waals surface area contributed by atoms with E-state index >= 15 is 0 Å². The Bertz CT molecular complexity index is 716. The summed E-state index contributed by atoms with van der Waals surface area (Å²) in [5, 5.41) is 0. The molecule has 0 atom stereocenters. The molecule has 0 aliphatic carbocycles. The molecule has 0 bridgehead atoms. The Morgan fingerprint density at radius 3 is 2.67 bits per heavy atom. The number of amides is 1. The molecule has 0 radical (unpaired) electrons. The van der Waals surface area contributed by atoms with Gasteiger partial charge in [0, 0.05) is 24.3 Å². The normalized spacial score (nSPS) is 14.1. The third-order valence-corrected chi connectivity index (χ3v) is 4.37. The second-order valence-electron chi connectivity index (χ2n) is 5.68. The summed E-state index contributed by atoms with van der Waals surface area (Å²) in [6, 6.07) is 5.96. The molecule has 1 aromatic heterocycles. The molecule has 0 spiro atoms. The van der Waals surface area contributed by atoms with Crippen molar-refractivity contribution < 1.29 is 9.21 Å². The molecule has 3 rings (SSSR count). The van der Waals surface area contributed by atoms with Gasteiger partial charge in [0.15, 0.2) is 0 Å². The number of anilines is 1. The zero-order valence-electron chi connectivity index (χ0n) is 12.7. The highest BCUT2D eigenvalue weighted by molar-refractivity contribution is 5.97. The minimum atomic E-state index is 0.0377. The molecule has 110 valence electrons. The predicted molar refractivity (Wildman–Crippen MR) is 82.2 cm³/mol. The van der Waals surface area contributed by atoms with E-state index in [1.165, 1.54) is 5.56 Å². The quantitative estimate of drug-likeness (QED) is 0.819. The number of carbonyl (C=O) groups excluding carboxylic acids is 1. The molecular weight excluding hydrogens is 264 g/mol. The first-order chi connectivity index (χ1) is 9.99. The summed E-state index contributed by atoms with van der Waals surface area (Å²) in [5.74, 6) is 1.55. The van der Waals surface area contributed by atoms with Crippen LogP contribution in [-0.2, 0) is 13.0 Å². The van der Waals surface area contributed by atoms with Gasteiger partial charge in [-0.25, -0.2) is 0 Å². The van der Waals surface area contributed by atoms with Crippen molar-refractivity contribution in [2.24, 2.45) is 0 Å². The van der Waals surface area contributed by atoms with Gasteiger partial charge in [-0.15, -0.1) is 0 Å². The topological polar surface area (TPSA) is 59.5 Å². The molecule has 4 heteroatoms. The summed E-state index contributed by atoms with van der Waals surface area (Å²) < 4.78 is 5.58. The largest absolute Gasteiger partial charge is 0.466 e. The van der Waals surface area contributed by atoms with Gasteiger partial charge < -0.3 is 15.1 Å². The van der Waals surface area contributed by atoms with Gasteiger partial charge >= 0.3 is 0 Å². The summed E-state index contributed by atoms with van der Waals surface area (Å²) in [7, 11) is 0. The summed E-state index contributed by atoms with van der Waals surface area (Å²) in [5.41, 5.74) is 10.8. The zero-order valence-corrected chi connectivity index (χ0v) is 12.7. The second kappa shape index (κ2) is 4.95. The summed E-state index contributed by atoms with van der Waals surface area (Å²) >= 11 is 0. The molecule has 2 N–H and O–H groups in total. The van der Waals surface area contributed by atoms with Crippen molar-refractivity contribution in [3.05, 3.63) is 52.0 Å². The maximum atomic E-state index is 12.8. The van der Waals surface area contributed by atoms with Crippen LogP contribution in [0.4, 0.5) is 5.69 Å². The fourth-order valence-corrected chi connectivity index (χ4v) is 3.05. The fourth-order valence-electron chi connectivity index (χ4n) is 3.05. The molecule has 2 aromatic rings. The van der Waals surface area contributed by atoms with Gasteiger partial charge in [0.25, 0.3) is 5.91 Å². The summed E-state index contributed by atoms with van der Waals surface area (Å²) in [6.07, 6.45) is 0.848. The molecule has 0 saturated carbocycles. The number of rotatable bonds is 1. The van der Waals surface area contributed by atoms with Crippen LogP contribution in [-0.4, -0.2) is 17.4 Å². The number of hydrogen-bond acceptors (Lipinski definition) is 3. The number of furan rings is 1. The maximum Gasteiger partial charge on any atom is 0.257 e. The second-order valence-corrected chi connectivity index (χ2v) is 5.68. The minimum absolute atomic E-state index is 0.0377. The van der Waals surface area contributed by atoms with Crippen molar-refractivity contribution in [1.29, 1.82) is 0 Å². The van der Waals surface area contributed by atoms with Gasteiger partial charge in [-0.3, -0.25) is 4.79 Å². The van der Waals surface area contributed by atoms with Crippen molar-refractivity contribution in [2.75, 3.05) is 12.3 Å². The first-order valence-corrected chi connectivity index (χ1v) is 7.21. The van der Waals surface area contributed by atoms with E-state index in [1.807, 2.05) is 37.8 Å². The molecule has 4 nitrogen and oxygen atoms in total. The van der Waals surface area contributed by atoms with Crippen LogP contribution in [0.15, 0.2) is 22.6 Å². The highest BCUT2D eigenvalue weighted by Gasteiger charge is 2.27. The lowest BCUT2D eigenvalue weighted by molar-refractivity contribution is 0.0733. The lowest BCUT2D eigenvalue weighted by Gasteiger charge is -2.29. The standard InChI is InChI=1S/C17H20N2O2/c1-10-11(2)21-12(3)16(10)17(20)19-8-7-13-5-4-6-15(18)14(13)9-19/h4-6H,7-9,18H2,1-3H3. The van der Waals surface area contributed by atoms with Gasteiger partial charge in [0.2, 0.25) is 0 Å². The van der Waals surface area contributed by atoms with E-state index in [0.29, 0.717) is 17.9 Å². The van der Waals surface area contributed by atoms with E-state index in [1.54, 1.807) is 0 Å². The number of aryl methyl sites for hydroxylation is 2. The van der Waals surface area contributed by atoms with Crippen LogP contribution in [0.2, 0.25) is 0 Å². The van der Waals surface area contributed by atoms with Crippen LogP contribution >= 0.6 is 0 Å². The Hall–Kier alpha value is -2.23. The molecule has 0 saturated heterocycles. The van der Waals surface area contributed by atoms with E-state index in [4.69, 9.17) is 10.2 Å². The lowest BCUT2D eigenvalue weighted by atomic mass is 9.97. The molecule has 1 aromatic carbocycles. The Labute approximate surface area is 124 Å². The molecule has 1 amide bonds. The van der Waals surface area contributed by atoms with Gasteiger partial charge in [-0.1, -0.05) is 12.1 Å². The van der Waals surface area contributed by atoms with E-state index in [0.717, 1.165) is 35.5 Å². The number of fused-ring (bicyclic) bond motifs is 1. The van der Waals surface area contributed by atoms with Crippen LogP contribution in [0.3, 0.4) is 0 Å². The number of carbonyl (C=O) groups is 1. The van der Waals surface area contributed by atoms with Gasteiger partial charge in [-0.2, -0.15) is 0 Å². The third kappa shape index (κ3) is 2.20. The van der Waals surface area contributed by atoms with E-state index in [2.05, 4.69) is 6.07 Å². The Morgan fingerprint density at radius 2 is 2.00 bits per heavy atom. The van der Waals surface area contributed by atoms with Crippen molar-refractivity contribution >= 4 is 11.6 Å². The van der Waals surface area contributed by atoms with Crippen LogP contribution in [0.5, 0.6) is 0 Å². The van der Waals surface area contributed by atoms with E-state index < -0.39 is 0 Å². The predicted octanol–water partition coefficient (Wildman–Crippen LogP) is 2.99. The van der Waals surface area contributed by atoms with Gasteiger partial charge in [-0.05, 0) is 44.4 Å². The lowest BCUT2D eigenvalue weighted by Crippen LogP contribution is -2.36. The Kier molecular flexibility index (Phi) is 3.24. The van der Waals surface area contributed by atoms with Crippen molar-refractivity contribution in [1.82, 2.24) is 4.90 Å². The molecule has 21 heavy (non-hydrogen) atoms. The summed E-state index contributed by atoms with van der Waals surface area (Å²) in [4.78, 5) is 14.7. The van der Waals surface area contributed by atoms with Crippen molar-refractivity contribution in [3.8, 4) is 0 Å². The number of nitrogens with two attached hydrogens (primary N) is 1. The Morgan fingerprint density at radius 1 is 1.24 bits per heavy atom.